The van der Waals surface area contributed by atoms with E-state index in [9.17, 15) is 30.7 Å². The van der Waals surface area contributed by atoms with Gasteiger partial charge < -0.3 is 0 Å². The van der Waals surface area contributed by atoms with Crippen molar-refractivity contribution in [2.24, 2.45) is 5.92 Å². The second-order valence-electron chi connectivity index (χ2n) is 9.49. The first-order valence-corrected chi connectivity index (χ1v) is 12.1. The van der Waals surface area contributed by atoms with E-state index in [1.54, 1.807) is 0 Å². The molecule has 0 heterocycles. The van der Waals surface area contributed by atoms with Crippen LogP contribution in [0.25, 0.3) is 0 Å². The normalized spacial score (nSPS) is 18.9. The molecule has 0 spiro atoms. The van der Waals surface area contributed by atoms with Gasteiger partial charge in [0.15, 0.2) is 0 Å². The van der Waals surface area contributed by atoms with Gasteiger partial charge in [-0.2, -0.15) is 13.2 Å². The van der Waals surface area contributed by atoms with Crippen LogP contribution in [0.3, 0.4) is 0 Å². The van der Waals surface area contributed by atoms with Crippen LogP contribution in [0.4, 0.5) is 30.7 Å². The molecule has 7 heteroatoms. The molecule has 0 aromatic heterocycles. The lowest BCUT2D eigenvalue weighted by Gasteiger charge is -2.29. The van der Waals surface area contributed by atoms with Crippen molar-refractivity contribution >= 4 is 0 Å². The van der Waals surface area contributed by atoms with E-state index in [0.29, 0.717) is 23.6 Å². The predicted octanol–water partition coefficient (Wildman–Crippen LogP) is 9.49. The van der Waals surface area contributed by atoms with E-state index < -0.39 is 47.0 Å². The average Bonchev–Trinajstić information content (AvgIpc) is 2.75. The highest BCUT2D eigenvalue weighted by molar-refractivity contribution is 5.35. The van der Waals surface area contributed by atoms with Crippen LogP contribution in [0.2, 0.25) is 0 Å². The van der Waals surface area contributed by atoms with Crippen LogP contribution in [-0.4, -0.2) is 0 Å². The van der Waals surface area contributed by atoms with Crippen molar-refractivity contribution in [1.29, 1.82) is 0 Å². The molecule has 1 fully saturated rings. The lowest BCUT2D eigenvalue weighted by molar-refractivity contribution is -0.142. The Morgan fingerprint density at radius 1 is 0.735 bits per heavy atom. The molecule has 0 bridgehead atoms. The number of rotatable bonds is 9. The second-order valence-corrected chi connectivity index (χ2v) is 9.49. The zero-order chi connectivity index (χ0) is 24.9. The SMILES string of the molecule is CCCCCCCC1CCC(c2cc(F)c(Cc3cc(F)c(C(F)(F)F)c(F)c3)c(F)c2)CC1. The number of hydrogen-bond donors (Lipinski definition) is 0. The monoisotopic (exact) mass is 488 g/mol. The highest BCUT2D eigenvalue weighted by Crippen LogP contribution is 2.39. The smallest absolute Gasteiger partial charge is 0.207 e. The first-order chi connectivity index (χ1) is 16.1. The van der Waals surface area contributed by atoms with Crippen molar-refractivity contribution in [2.45, 2.75) is 89.6 Å². The van der Waals surface area contributed by atoms with E-state index in [1.165, 1.54) is 50.7 Å². The van der Waals surface area contributed by atoms with Gasteiger partial charge in [-0.25, -0.2) is 17.6 Å². The van der Waals surface area contributed by atoms with Crippen LogP contribution in [0, 0.1) is 29.2 Å². The Bertz CT molecular complexity index is 910. The highest BCUT2D eigenvalue weighted by atomic mass is 19.4. The lowest BCUT2D eigenvalue weighted by atomic mass is 9.76. The third kappa shape index (κ3) is 6.76. The summed E-state index contributed by atoms with van der Waals surface area (Å²) < 4.78 is 95.4. The minimum absolute atomic E-state index is 0.0512. The molecule has 0 N–H and O–H groups in total. The summed E-state index contributed by atoms with van der Waals surface area (Å²) in [4.78, 5) is 0. The van der Waals surface area contributed by atoms with Gasteiger partial charge in [-0.3, -0.25) is 0 Å². The maximum absolute atomic E-state index is 14.8. The molecule has 3 rings (SSSR count). The molecule has 1 saturated carbocycles. The molecule has 0 amide bonds. The van der Waals surface area contributed by atoms with Gasteiger partial charge in [0.25, 0.3) is 0 Å². The van der Waals surface area contributed by atoms with E-state index >= 15 is 0 Å². The molecule has 0 radical (unpaired) electrons. The molecule has 1 aliphatic rings. The molecule has 0 unspecified atom stereocenters. The topological polar surface area (TPSA) is 0 Å². The van der Waals surface area contributed by atoms with Crippen molar-refractivity contribution in [3.8, 4) is 0 Å². The van der Waals surface area contributed by atoms with Gasteiger partial charge in [0.05, 0.1) is 0 Å². The molecular weight excluding hydrogens is 457 g/mol. The Morgan fingerprint density at radius 3 is 1.82 bits per heavy atom. The Kier molecular flexibility index (Phi) is 9.05. The summed E-state index contributed by atoms with van der Waals surface area (Å²) in [6.07, 6.45) is 5.42. The van der Waals surface area contributed by atoms with Gasteiger partial charge in [0, 0.05) is 12.0 Å². The second kappa shape index (κ2) is 11.6. The maximum atomic E-state index is 14.8. The van der Waals surface area contributed by atoms with Gasteiger partial charge in [0.1, 0.15) is 28.8 Å². The first kappa shape index (κ1) is 26.6. The maximum Gasteiger partial charge on any atom is 0.422 e. The van der Waals surface area contributed by atoms with E-state index in [-0.39, 0.29) is 11.5 Å². The molecule has 0 saturated heterocycles. The molecule has 0 nitrogen and oxygen atoms in total. The van der Waals surface area contributed by atoms with Crippen LogP contribution >= 0.6 is 0 Å². The van der Waals surface area contributed by atoms with E-state index in [2.05, 4.69) is 6.92 Å². The number of hydrogen-bond acceptors (Lipinski definition) is 0. The molecule has 34 heavy (non-hydrogen) atoms. The molecule has 188 valence electrons. The fraction of sp³-hybridized carbons (Fsp3) is 0.556. The van der Waals surface area contributed by atoms with Crippen LogP contribution in [-0.2, 0) is 12.6 Å². The molecule has 2 aromatic rings. The minimum Gasteiger partial charge on any atom is -0.207 e. The summed E-state index contributed by atoms with van der Waals surface area (Å²) in [7, 11) is 0. The van der Waals surface area contributed by atoms with Crippen LogP contribution in [0.5, 0.6) is 0 Å². The molecule has 1 aliphatic carbocycles. The predicted molar refractivity (Wildman–Crippen MR) is 119 cm³/mol. The first-order valence-electron chi connectivity index (χ1n) is 12.1. The quantitative estimate of drug-likeness (QED) is 0.244. The molecule has 0 atom stereocenters. The number of halogens is 7. The standard InChI is InChI=1S/C27H31F7/c1-2-3-4-5-6-7-17-8-10-19(11-9-17)20-15-22(28)21(23(29)16-20)12-18-13-24(30)26(25(31)14-18)27(32,33)34/h13-17,19H,2-12H2,1H3. The molecular formula is C27H31F7. The lowest BCUT2D eigenvalue weighted by Crippen LogP contribution is -2.14. The highest BCUT2D eigenvalue weighted by Gasteiger charge is 2.38. The van der Waals surface area contributed by atoms with Gasteiger partial charge in [0.2, 0.25) is 0 Å². The zero-order valence-electron chi connectivity index (χ0n) is 19.4. The van der Waals surface area contributed by atoms with Gasteiger partial charge in [-0.1, -0.05) is 45.4 Å². The Morgan fingerprint density at radius 2 is 1.29 bits per heavy atom. The van der Waals surface area contributed by atoms with Crippen LogP contribution in [0.1, 0.15) is 99.3 Å². The Hall–Kier alpha value is -2.05. The van der Waals surface area contributed by atoms with Crippen molar-refractivity contribution in [3.63, 3.8) is 0 Å². The minimum atomic E-state index is -5.20. The van der Waals surface area contributed by atoms with E-state index in [1.807, 2.05) is 0 Å². The number of alkyl halides is 3. The van der Waals surface area contributed by atoms with Crippen molar-refractivity contribution in [2.75, 3.05) is 0 Å². The summed E-state index contributed by atoms with van der Waals surface area (Å²) in [6.45, 7) is 2.19. The van der Waals surface area contributed by atoms with Crippen molar-refractivity contribution < 1.29 is 30.7 Å². The fourth-order valence-corrected chi connectivity index (χ4v) is 5.05. The zero-order valence-corrected chi connectivity index (χ0v) is 19.4. The van der Waals surface area contributed by atoms with Gasteiger partial charge >= 0.3 is 6.18 Å². The van der Waals surface area contributed by atoms with Crippen LogP contribution in [0.15, 0.2) is 24.3 Å². The van der Waals surface area contributed by atoms with E-state index in [4.69, 9.17) is 0 Å². The third-order valence-electron chi connectivity index (χ3n) is 6.96. The largest absolute Gasteiger partial charge is 0.422 e. The van der Waals surface area contributed by atoms with Gasteiger partial charge in [-0.05, 0) is 72.9 Å². The Labute approximate surface area is 196 Å². The molecule has 2 aromatic carbocycles. The van der Waals surface area contributed by atoms with Gasteiger partial charge in [-0.15, -0.1) is 0 Å². The number of unbranched alkanes of at least 4 members (excludes halogenated alkanes) is 4. The molecule has 0 aliphatic heterocycles. The van der Waals surface area contributed by atoms with Crippen LogP contribution < -0.4 is 0 Å². The summed E-state index contributed by atoms with van der Waals surface area (Å²) in [6, 6.07) is 3.46. The Balaban J connectivity index is 1.64. The van der Waals surface area contributed by atoms with Crippen molar-refractivity contribution in [3.05, 3.63) is 69.8 Å². The van der Waals surface area contributed by atoms with Crippen molar-refractivity contribution in [1.82, 2.24) is 0 Å². The summed E-state index contributed by atoms with van der Waals surface area (Å²) in [5.41, 5.74) is -2.13. The van der Waals surface area contributed by atoms with E-state index in [0.717, 1.165) is 25.7 Å². The fourth-order valence-electron chi connectivity index (χ4n) is 5.05. The average molecular weight is 489 g/mol. The summed E-state index contributed by atoms with van der Waals surface area (Å²) in [5, 5.41) is 0. The third-order valence-corrected chi connectivity index (χ3v) is 6.96. The summed E-state index contributed by atoms with van der Waals surface area (Å²) in [5.74, 6) is -4.61. The number of benzene rings is 2. The summed E-state index contributed by atoms with van der Waals surface area (Å²) >= 11 is 0.